The van der Waals surface area contributed by atoms with Gasteiger partial charge in [0.2, 0.25) is 5.91 Å². The average molecular weight is 495 g/mol. The van der Waals surface area contributed by atoms with Crippen LogP contribution in [0.15, 0.2) is 63.9 Å². The fourth-order valence-corrected chi connectivity index (χ4v) is 4.86. The van der Waals surface area contributed by atoms with Crippen molar-refractivity contribution < 1.29 is 14.3 Å². The Hall–Kier alpha value is -3.50. The predicted molar refractivity (Wildman–Crippen MR) is 134 cm³/mol. The number of ether oxygens (including phenoxy) is 1. The number of esters is 1. The zero-order chi connectivity index (χ0) is 24.1. The maximum atomic E-state index is 13.3. The molecule has 2 aromatic heterocycles. The van der Waals surface area contributed by atoms with Gasteiger partial charge in [-0.25, -0.2) is 9.97 Å². The molecule has 8 nitrogen and oxygen atoms in total. The second kappa shape index (κ2) is 10.6. The number of fused-ring (bicyclic) bond motifs is 1. The Balaban J connectivity index is 1.54. The lowest BCUT2D eigenvalue weighted by Crippen LogP contribution is -2.23. The first-order valence-corrected chi connectivity index (χ1v) is 12.4. The van der Waals surface area contributed by atoms with Gasteiger partial charge in [-0.15, -0.1) is 11.3 Å². The molecule has 1 amide bonds. The zero-order valence-corrected chi connectivity index (χ0v) is 20.2. The number of thiazole rings is 1. The summed E-state index contributed by atoms with van der Waals surface area (Å²) in [4.78, 5) is 46.5. The highest BCUT2D eigenvalue weighted by atomic mass is 32.2. The minimum Gasteiger partial charge on any atom is -0.466 e. The van der Waals surface area contributed by atoms with Crippen molar-refractivity contribution in [3.05, 3.63) is 75.5 Å². The Morgan fingerprint density at radius 1 is 1.12 bits per heavy atom. The number of rotatable bonds is 8. The third-order valence-corrected chi connectivity index (χ3v) is 6.61. The fraction of sp³-hybridized carbons (Fsp3) is 0.208. The van der Waals surface area contributed by atoms with Crippen LogP contribution in [0.1, 0.15) is 18.2 Å². The van der Waals surface area contributed by atoms with Crippen LogP contribution < -0.4 is 10.9 Å². The highest BCUT2D eigenvalue weighted by molar-refractivity contribution is 7.99. The molecular formula is C24H22N4O4S2. The summed E-state index contributed by atoms with van der Waals surface area (Å²) in [6.45, 7) is 3.97. The van der Waals surface area contributed by atoms with Gasteiger partial charge in [0.05, 0.1) is 41.1 Å². The first-order valence-electron chi connectivity index (χ1n) is 10.6. The lowest BCUT2D eigenvalue weighted by molar-refractivity contribution is -0.142. The number of nitrogens with zero attached hydrogens (tertiary/aromatic N) is 3. The molecule has 0 aliphatic carbocycles. The van der Waals surface area contributed by atoms with Crippen molar-refractivity contribution in [2.45, 2.75) is 25.4 Å². The van der Waals surface area contributed by atoms with Gasteiger partial charge in [-0.3, -0.25) is 19.0 Å². The molecule has 4 aromatic rings. The molecule has 0 saturated heterocycles. The van der Waals surface area contributed by atoms with E-state index in [1.54, 1.807) is 35.1 Å². The van der Waals surface area contributed by atoms with Gasteiger partial charge >= 0.3 is 5.97 Å². The average Bonchev–Trinajstić information content (AvgIpc) is 3.25. The van der Waals surface area contributed by atoms with Gasteiger partial charge in [0.1, 0.15) is 0 Å². The van der Waals surface area contributed by atoms with Gasteiger partial charge in [0.25, 0.3) is 5.56 Å². The number of amides is 1. The number of carbonyl (C=O) groups excluding carboxylic acids is 2. The molecule has 0 spiro atoms. The molecule has 174 valence electrons. The molecule has 0 radical (unpaired) electrons. The van der Waals surface area contributed by atoms with Gasteiger partial charge in [-0.05, 0) is 37.6 Å². The molecular weight excluding hydrogens is 472 g/mol. The number of carbonyl (C=O) groups is 2. The Labute approximate surface area is 204 Å². The quantitative estimate of drug-likeness (QED) is 0.224. The van der Waals surface area contributed by atoms with Gasteiger partial charge < -0.3 is 10.1 Å². The second-order valence-electron chi connectivity index (χ2n) is 7.30. The summed E-state index contributed by atoms with van der Waals surface area (Å²) in [5, 5.41) is 5.78. The number of anilines is 1. The standard InChI is InChI=1S/C24H22N4O4S2/c1-3-32-21(30)12-16-13-33-23(25-16)27-20(29)14-34-24-26-18-10-6-5-9-17(18)22(31)28(24)19-11-7-4-8-15(19)2/h4-11,13H,3,12,14H2,1-2H3,(H,25,27,29). The summed E-state index contributed by atoms with van der Waals surface area (Å²) in [6, 6.07) is 14.7. The van der Waals surface area contributed by atoms with E-state index >= 15 is 0 Å². The topological polar surface area (TPSA) is 103 Å². The number of para-hydroxylation sites is 2. The SMILES string of the molecule is CCOC(=O)Cc1csc(NC(=O)CSc2nc3ccccc3c(=O)n2-c2ccccc2C)n1. The highest BCUT2D eigenvalue weighted by Gasteiger charge is 2.17. The Bertz CT molecular complexity index is 1410. The molecule has 0 saturated carbocycles. The Kier molecular flexibility index (Phi) is 7.39. The lowest BCUT2D eigenvalue weighted by Gasteiger charge is -2.15. The molecule has 2 heterocycles. The molecule has 10 heteroatoms. The predicted octanol–water partition coefficient (Wildman–Crippen LogP) is 3.99. The van der Waals surface area contributed by atoms with Crippen molar-refractivity contribution in [3.8, 4) is 5.69 Å². The van der Waals surface area contributed by atoms with Gasteiger partial charge in [0.15, 0.2) is 10.3 Å². The van der Waals surface area contributed by atoms with Crippen LogP contribution in [-0.4, -0.2) is 38.8 Å². The van der Waals surface area contributed by atoms with E-state index < -0.39 is 0 Å². The molecule has 1 N–H and O–H groups in total. The molecule has 34 heavy (non-hydrogen) atoms. The minimum atomic E-state index is -0.363. The number of hydrogen-bond donors (Lipinski definition) is 1. The highest BCUT2D eigenvalue weighted by Crippen LogP contribution is 2.24. The second-order valence-corrected chi connectivity index (χ2v) is 9.10. The molecule has 0 bridgehead atoms. The van der Waals surface area contributed by atoms with Crippen molar-refractivity contribution >= 4 is 51.0 Å². The van der Waals surface area contributed by atoms with Crippen molar-refractivity contribution in [2.75, 3.05) is 17.7 Å². The largest absolute Gasteiger partial charge is 0.466 e. The smallest absolute Gasteiger partial charge is 0.311 e. The van der Waals surface area contributed by atoms with Crippen molar-refractivity contribution in [1.82, 2.24) is 14.5 Å². The number of hydrogen-bond acceptors (Lipinski definition) is 8. The summed E-state index contributed by atoms with van der Waals surface area (Å²) in [5.74, 6) is -0.623. The van der Waals surface area contributed by atoms with Crippen LogP contribution >= 0.6 is 23.1 Å². The van der Waals surface area contributed by atoms with E-state index in [0.29, 0.717) is 33.5 Å². The number of thioether (sulfide) groups is 1. The zero-order valence-electron chi connectivity index (χ0n) is 18.6. The third-order valence-electron chi connectivity index (χ3n) is 4.86. The third kappa shape index (κ3) is 5.35. The van der Waals surface area contributed by atoms with E-state index in [-0.39, 0.29) is 29.6 Å². The van der Waals surface area contributed by atoms with E-state index in [0.717, 1.165) is 11.3 Å². The van der Waals surface area contributed by atoms with Crippen molar-refractivity contribution in [3.63, 3.8) is 0 Å². The van der Waals surface area contributed by atoms with E-state index in [9.17, 15) is 14.4 Å². The molecule has 0 atom stereocenters. The van der Waals surface area contributed by atoms with Crippen LogP contribution in [0.2, 0.25) is 0 Å². The summed E-state index contributed by atoms with van der Waals surface area (Å²) in [7, 11) is 0. The first kappa shape index (κ1) is 23.7. The van der Waals surface area contributed by atoms with Gasteiger partial charge in [-0.1, -0.05) is 42.1 Å². The van der Waals surface area contributed by atoms with E-state index in [1.807, 2.05) is 37.3 Å². The summed E-state index contributed by atoms with van der Waals surface area (Å²) < 4.78 is 6.47. The number of benzene rings is 2. The molecule has 0 unspecified atom stereocenters. The Morgan fingerprint density at radius 3 is 2.68 bits per heavy atom. The number of aryl methyl sites for hydroxylation is 1. The fourth-order valence-electron chi connectivity index (χ4n) is 3.33. The molecule has 0 fully saturated rings. The van der Waals surface area contributed by atoms with Crippen LogP contribution in [0.3, 0.4) is 0 Å². The van der Waals surface area contributed by atoms with Gasteiger partial charge in [0, 0.05) is 5.38 Å². The van der Waals surface area contributed by atoms with Crippen LogP contribution in [0.4, 0.5) is 5.13 Å². The number of nitrogens with one attached hydrogen (secondary N) is 1. The van der Waals surface area contributed by atoms with E-state index in [1.165, 1.54) is 23.1 Å². The maximum absolute atomic E-state index is 13.3. The van der Waals surface area contributed by atoms with Crippen LogP contribution in [0, 0.1) is 6.92 Å². The Morgan fingerprint density at radius 2 is 1.88 bits per heavy atom. The summed E-state index contributed by atoms with van der Waals surface area (Å²) in [6.07, 6.45) is 0.0542. The van der Waals surface area contributed by atoms with Crippen molar-refractivity contribution in [2.24, 2.45) is 0 Å². The van der Waals surface area contributed by atoms with E-state index in [4.69, 9.17) is 4.74 Å². The summed E-state index contributed by atoms with van der Waals surface area (Å²) in [5.41, 5.74) is 2.56. The maximum Gasteiger partial charge on any atom is 0.311 e. The molecule has 0 aliphatic heterocycles. The van der Waals surface area contributed by atoms with Crippen LogP contribution in [0.25, 0.3) is 16.6 Å². The molecule has 4 rings (SSSR count). The van der Waals surface area contributed by atoms with E-state index in [2.05, 4.69) is 15.3 Å². The summed E-state index contributed by atoms with van der Waals surface area (Å²) >= 11 is 2.41. The molecule has 0 aliphatic rings. The van der Waals surface area contributed by atoms with Gasteiger partial charge in [-0.2, -0.15) is 0 Å². The minimum absolute atomic E-state index is 0.0312. The molecule has 2 aromatic carbocycles. The lowest BCUT2D eigenvalue weighted by atomic mass is 10.2. The van der Waals surface area contributed by atoms with Crippen molar-refractivity contribution in [1.29, 1.82) is 0 Å². The monoisotopic (exact) mass is 494 g/mol. The van der Waals surface area contributed by atoms with Crippen LogP contribution in [0.5, 0.6) is 0 Å². The number of aromatic nitrogens is 3. The van der Waals surface area contributed by atoms with Crippen LogP contribution in [-0.2, 0) is 20.7 Å². The first-order chi connectivity index (χ1) is 16.5. The normalized spacial score (nSPS) is 10.9.